The lowest BCUT2D eigenvalue weighted by Crippen LogP contribution is -2.24. The van der Waals surface area contributed by atoms with E-state index < -0.39 is 0 Å². The van der Waals surface area contributed by atoms with Crippen LogP contribution in [0.5, 0.6) is 0 Å². The number of hydroxylamine groups is 2. The Kier molecular flexibility index (Phi) is 4.18. The van der Waals surface area contributed by atoms with Gasteiger partial charge in [0.2, 0.25) is 0 Å². The van der Waals surface area contributed by atoms with Crippen LogP contribution in [0.25, 0.3) is 0 Å². The van der Waals surface area contributed by atoms with Crippen molar-refractivity contribution in [1.82, 2.24) is 5.06 Å². The van der Waals surface area contributed by atoms with Crippen molar-refractivity contribution in [3.05, 3.63) is 21.4 Å². The monoisotopic (exact) mass is 253 g/mol. The highest BCUT2D eigenvalue weighted by atomic mass is 32.1. The number of fused-ring (bicyclic) bond motifs is 1. The van der Waals surface area contributed by atoms with Crippen molar-refractivity contribution in [2.75, 3.05) is 14.2 Å². The Morgan fingerprint density at radius 2 is 2.00 bits per heavy atom. The molecule has 1 heterocycles. The van der Waals surface area contributed by atoms with Crippen LogP contribution in [0.1, 0.15) is 45.8 Å². The minimum Gasteiger partial charge on any atom is -0.274 e. The lowest BCUT2D eigenvalue weighted by Gasteiger charge is -2.11. The van der Waals surface area contributed by atoms with Crippen LogP contribution in [0.4, 0.5) is 0 Å². The van der Waals surface area contributed by atoms with Crippen molar-refractivity contribution >= 4 is 17.2 Å². The summed E-state index contributed by atoms with van der Waals surface area (Å²) in [5.41, 5.74) is 1.38. The molecule has 0 spiro atoms. The third-order valence-electron chi connectivity index (χ3n) is 3.27. The second-order valence-corrected chi connectivity index (χ2v) is 5.60. The SMILES string of the molecule is CON(C)C(=O)c1cc2c(s1)CCCCCC2. The number of hydrogen-bond donors (Lipinski definition) is 0. The Balaban J connectivity index is 2.20. The molecule has 0 unspecified atom stereocenters. The van der Waals surface area contributed by atoms with Gasteiger partial charge in [-0.2, -0.15) is 0 Å². The fourth-order valence-corrected chi connectivity index (χ4v) is 3.41. The van der Waals surface area contributed by atoms with Gasteiger partial charge in [-0.15, -0.1) is 11.3 Å². The minimum atomic E-state index is -0.0377. The summed E-state index contributed by atoms with van der Waals surface area (Å²) in [6.45, 7) is 0. The van der Waals surface area contributed by atoms with E-state index in [0.29, 0.717) is 0 Å². The highest BCUT2D eigenvalue weighted by molar-refractivity contribution is 7.14. The summed E-state index contributed by atoms with van der Waals surface area (Å²) in [5, 5.41) is 1.29. The van der Waals surface area contributed by atoms with E-state index in [1.807, 2.05) is 0 Å². The van der Waals surface area contributed by atoms with Gasteiger partial charge in [-0.05, 0) is 37.3 Å². The van der Waals surface area contributed by atoms with Gasteiger partial charge in [0.15, 0.2) is 0 Å². The van der Waals surface area contributed by atoms with Crippen LogP contribution >= 0.6 is 11.3 Å². The van der Waals surface area contributed by atoms with Crippen LogP contribution in [0, 0.1) is 0 Å². The summed E-state index contributed by atoms with van der Waals surface area (Å²) in [5.74, 6) is -0.0377. The van der Waals surface area contributed by atoms with Crippen LogP contribution in [0.15, 0.2) is 6.07 Å². The molecule has 0 fully saturated rings. The molecular formula is C13H19NO2S. The van der Waals surface area contributed by atoms with Gasteiger partial charge in [-0.25, -0.2) is 5.06 Å². The summed E-state index contributed by atoms with van der Waals surface area (Å²) in [6.07, 6.45) is 7.38. The second kappa shape index (κ2) is 5.65. The number of rotatable bonds is 2. The van der Waals surface area contributed by atoms with E-state index in [9.17, 15) is 4.79 Å². The maximum absolute atomic E-state index is 12.0. The average molecular weight is 253 g/mol. The number of thiophene rings is 1. The number of carbonyl (C=O) groups excluding carboxylic acids is 1. The van der Waals surface area contributed by atoms with Crippen molar-refractivity contribution in [1.29, 1.82) is 0 Å². The summed E-state index contributed by atoms with van der Waals surface area (Å²) >= 11 is 1.64. The summed E-state index contributed by atoms with van der Waals surface area (Å²) < 4.78 is 0. The van der Waals surface area contributed by atoms with E-state index in [4.69, 9.17) is 4.84 Å². The highest BCUT2D eigenvalue weighted by Gasteiger charge is 2.18. The lowest BCUT2D eigenvalue weighted by atomic mass is 10.00. The summed E-state index contributed by atoms with van der Waals surface area (Å²) in [7, 11) is 3.17. The normalized spacial score (nSPS) is 15.9. The zero-order valence-electron chi connectivity index (χ0n) is 10.5. The molecule has 1 amide bonds. The summed E-state index contributed by atoms with van der Waals surface area (Å²) in [6, 6.07) is 2.06. The third kappa shape index (κ3) is 2.87. The molecule has 17 heavy (non-hydrogen) atoms. The molecule has 1 aliphatic carbocycles. The average Bonchev–Trinajstić information content (AvgIpc) is 2.69. The number of carbonyl (C=O) groups is 1. The van der Waals surface area contributed by atoms with Gasteiger partial charge in [0.05, 0.1) is 12.0 Å². The van der Waals surface area contributed by atoms with Gasteiger partial charge in [0.1, 0.15) is 0 Å². The third-order valence-corrected chi connectivity index (χ3v) is 4.49. The van der Waals surface area contributed by atoms with Gasteiger partial charge >= 0.3 is 0 Å². The zero-order valence-corrected chi connectivity index (χ0v) is 11.3. The van der Waals surface area contributed by atoms with E-state index >= 15 is 0 Å². The van der Waals surface area contributed by atoms with E-state index in [-0.39, 0.29) is 5.91 Å². The topological polar surface area (TPSA) is 29.5 Å². The molecule has 0 saturated carbocycles. The first-order valence-electron chi connectivity index (χ1n) is 6.16. The van der Waals surface area contributed by atoms with Gasteiger partial charge in [-0.3, -0.25) is 9.63 Å². The smallest absolute Gasteiger partial charge is 0.274 e. The Morgan fingerprint density at radius 1 is 1.29 bits per heavy atom. The predicted octanol–water partition coefficient (Wildman–Crippen LogP) is 3.04. The lowest BCUT2D eigenvalue weighted by molar-refractivity contribution is -0.0753. The molecule has 0 saturated heterocycles. The Bertz CT molecular complexity index is 375. The molecule has 1 aromatic rings. The number of aryl methyl sites for hydroxylation is 2. The van der Waals surface area contributed by atoms with E-state index in [1.165, 1.54) is 48.3 Å². The van der Waals surface area contributed by atoms with Crippen LogP contribution in [-0.2, 0) is 17.7 Å². The standard InChI is InChI=1S/C13H19NO2S/c1-14(16-2)13(15)12-9-10-7-5-3-4-6-8-11(10)17-12/h9H,3-8H2,1-2H3. The van der Waals surface area contributed by atoms with Crippen molar-refractivity contribution in [3.63, 3.8) is 0 Å². The molecule has 0 bridgehead atoms. The van der Waals surface area contributed by atoms with Crippen molar-refractivity contribution in [2.45, 2.75) is 38.5 Å². The van der Waals surface area contributed by atoms with Crippen LogP contribution < -0.4 is 0 Å². The van der Waals surface area contributed by atoms with Crippen LogP contribution in [-0.4, -0.2) is 25.1 Å². The van der Waals surface area contributed by atoms with Crippen molar-refractivity contribution in [3.8, 4) is 0 Å². The number of amides is 1. The first-order valence-corrected chi connectivity index (χ1v) is 6.97. The van der Waals surface area contributed by atoms with E-state index in [1.54, 1.807) is 18.4 Å². The Labute approximate surface area is 106 Å². The summed E-state index contributed by atoms with van der Waals surface area (Å²) in [4.78, 5) is 19.1. The van der Waals surface area contributed by atoms with Crippen LogP contribution in [0.2, 0.25) is 0 Å². The number of hydrogen-bond acceptors (Lipinski definition) is 3. The molecule has 94 valence electrons. The zero-order chi connectivity index (χ0) is 12.3. The van der Waals surface area contributed by atoms with Gasteiger partial charge in [0, 0.05) is 11.9 Å². The highest BCUT2D eigenvalue weighted by Crippen LogP contribution is 2.29. The van der Waals surface area contributed by atoms with Crippen LogP contribution in [0.3, 0.4) is 0 Å². The maximum atomic E-state index is 12.0. The fraction of sp³-hybridized carbons (Fsp3) is 0.615. The number of nitrogens with zero attached hydrogens (tertiary/aromatic N) is 1. The quantitative estimate of drug-likeness (QED) is 0.758. The Hall–Kier alpha value is -0.870. The van der Waals surface area contributed by atoms with Gasteiger partial charge < -0.3 is 0 Å². The molecule has 0 aliphatic heterocycles. The van der Waals surface area contributed by atoms with E-state index in [0.717, 1.165) is 17.7 Å². The maximum Gasteiger partial charge on any atom is 0.287 e. The molecule has 1 aliphatic rings. The molecule has 4 heteroatoms. The first-order chi connectivity index (χ1) is 8.22. The fourth-order valence-electron chi connectivity index (χ4n) is 2.19. The molecule has 0 atom stereocenters. The second-order valence-electron chi connectivity index (χ2n) is 4.46. The minimum absolute atomic E-state index is 0.0377. The molecule has 0 radical (unpaired) electrons. The first kappa shape index (κ1) is 12.6. The molecule has 0 N–H and O–H groups in total. The molecule has 2 rings (SSSR count). The molecule has 3 nitrogen and oxygen atoms in total. The largest absolute Gasteiger partial charge is 0.287 e. The van der Waals surface area contributed by atoms with Crippen molar-refractivity contribution < 1.29 is 9.63 Å². The van der Waals surface area contributed by atoms with Crippen molar-refractivity contribution in [2.24, 2.45) is 0 Å². The molecule has 0 aromatic carbocycles. The van der Waals surface area contributed by atoms with Gasteiger partial charge in [-0.1, -0.05) is 12.8 Å². The van der Waals surface area contributed by atoms with Gasteiger partial charge in [0.25, 0.3) is 5.91 Å². The van der Waals surface area contributed by atoms with E-state index in [2.05, 4.69) is 6.07 Å². The predicted molar refractivity (Wildman–Crippen MR) is 69.3 cm³/mol. The molecular weight excluding hydrogens is 234 g/mol. The Morgan fingerprint density at radius 3 is 2.71 bits per heavy atom. The molecule has 1 aromatic heterocycles.